The molecule has 9 heteroatoms. The van der Waals surface area contributed by atoms with Crippen molar-refractivity contribution in [3.05, 3.63) is 65.2 Å². The van der Waals surface area contributed by atoms with Crippen molar-refractivity contribution in [3.8, 4) is 0 Å². The van der Waals surface area contributed by atoms with Crippen molar-refractivity contribution in [1.29, 1.82) is 0 Å². The van der Waals surface area contributed by atoms with Gasteiger partial charge in [0.25, 0.3) is 11.8 Å². The highest BCUT2D eigenvalue weighted by atomic mass is 16.6. The highest BCUT2D eigenvalue weighted by molar-refractivity contribution is 5.97. The lowest BCUT2D eigenvalue weighted by atomic mass is 9.89. The first kappa shape index (κ1) is 24.8. The number of para-hydroxylation sites is 1. The number of piperidine rings is 1. The Morgan fingerprint density at radius 3 is 2.30 bits per heavy atom. The summed E-state index contributed by atoms with van der Waals surface area (Å²) in [5.74, 6) is 0.264. The standard InChI is InChI=1S/C28H32N4O5/c1-3-36-28(35)32-16-14-31(15-17-32)26(33)22-9-8-19(2)29-25(22)20-10-12-30(13-11-20)27(34)24-18-21-6-4-5-7-23(21)37-24/h4-9,18,20H,3,10-17H2,1-2H3. The fourth-order valence-corrected chi connectivity index (χ4v) is 5.15. The van der Waals surface area contributed by atoms with Gasteiger partial charge in [-0.2, -0.15) is 0 Å². The van der Waals surface area contributed by atoms with E-state index in [1.807, 2.05) is 48.2 Å². The Hall–Kier alpha value is -3.88. The molecular weight excluding hydrogens is 472 g/mol. The number of carbonyl (C=O) groups excluding carboxylic acids is 3. The van der Waals surface area contributed by atoms with Crippen LogP contribution in [-0.2, 0) is 4.74 Å². The normalized spacial score (nSPS) is 16.8. The van der Waals surface area contributed by atoms with Crippen LogP contribution in [0.15, 0.2) is 46.9 Å². The monoisotopic (exact) mass is 504 g/mol. The topological polar surface area (TPSA) is 96.2 Å². The van der Waals surface area contributed by atoms with E-state index in [9.17, 15) is 14.4 Å². The number of amides is 3. The number of likely N-dealkylation sites (tertiary alicyclic amines) is 1. The number of aromatic nitrogens is 1. The van der Waals surface area contributed by atoms with E-state index in [-0.39, 0.29) is 23.8 Å². The fraction of sp³-hybridized carbons (Fsp3) is 0.429. The van der Waals surface area contributed by atoms with Crippen LogP contribution in [0.3, 0.4) is 0 Å². The van der Waals surface area contributed by atoms with Crippen molar-refractivity contribution < 1.29 is 23.5 Å². The van der Waals surface area contributed by atoms with Crippen molar-refractivity contribution in [2.45, 2.75) is 32.6 Å². The summed E-state index contributed by atoms with van der Waals surface area (Å²) < 4.78 is 10.9. The molecule has 2 aromatic heterocycles. The third-order valence-electron chi connectivity index (χ3n) is 7.19. The van der Waals surface area contributed by atoms with Gasteiger partial charge in [0.2, 0.25) is 0 Å². The Bertz CT molecular complexity index is 1270. The van der Waals surface area contributed by atoms with Crippen LogP contribution < -0.4 is 0 Å². The molecule has 0 unspecified atom stereocenters. The number of piperazine rings is 1. The molecule has 3 aromatic rings. The van der Waals surface area contributed by atoms with Gasteiger partial charge in [0.05, 0.1) is 17.9 Å². The van der Waals surface area contributed by atoms with Gasteiger partial charge in [-0.1, -0.05) is 18.2 Å². The zero-order chi connectivity index (χ0) is 25.9. The first-order chi connectivity index (χ1) is 17.9. The van der Waals surface area contributed by atoms with E-state index in [2.05, 4.69) is 0 Å². The van der Waals surface area contributed by atoms with Crippen LogP contribution in [-0.4, -0.2) is 83.5 Å². The molecule has 0 N–H and O–H groups in total. The number of fused-ring (bicyclic) bond motifs is 1. The van der Waals surface area contributed by atoms with Crippen LogP contribution in [0.5, 0.6) is 0 Å². The Morgan fingerprint density at radius 1 is 0.919 bits per heavy atom. The molecule has 0 saturated carbocycles. The number of hydrogen-bond donors (Lipinski definition) is 0. The second kappa shape index (κ2) is 10.6. The smallest absolute Gasteiger partial charge is 0.409 e. The number of furan rings is 1. The van der Waals surface area contributed by atoms with Gasteiger partial charge in [-0.15, -0.1) is 0 Å². The van der Waals surface area contributed by atoms with E-state index in [0.717, 1.165) is 29.6 Å². The number of rotatable bonds is 4. The van der Waals surface area contributed by atoms with Gasteiger partial charge >= 0.3 is 6.09 Å². The van der Waals surface area contributed by atoms with E-state index in [4.69, 9.17) is 14.1 Å². The van der Waals surface area contributed by atoms with Crippen molar-refractivity contribution in [1.82, 2.24) is 19.7 Å². The molecule has 2 saturated heterocycles. The molecule has 1 aromatic carbocycles. The second-order valence-corrected chi connectivity index (χ2v) is 9.58. The second-order valence-electron chi connectivity index (χ2n) is 9.58. The zero-order valence-corrected chi connectivity index (χ0v) is 21.3. The molecule has 0 aliphatic carbocycles. The summed E-state index contributed by atoms with van der Waals surface area (Å²) in [5.41, 5.74) is 2.97. The molecule has 194 valence electrons. The summed E-state index contributed by atoms with van der Waals surface area (Å²) in [6.45, 7) is 6.98. The molecule has 2 aliphatic heterocycles. The molecule has 4 heterocycles. The molecular formula is C28H32N4O5. The van der Waals surface area contributed by atoms with Crippen molar-refractivity contribution in [2.24, 2.45) is 0 Å². The van der Waals surface area contributed by atoms with Gasteiger partial charge in [0, 0.05) is 56.3 Å². The molecule has 0 bridgehead atoms. The van der Waals surface area contributed by atoms with Crippen LogP contribution >= 0.6 is 0 Å². The number of pyridine rings is 1. The van der Waals surface area contributed by atoms with Crippen molar-refractivity contribution >= 4 is 28.9 Å². The molecule has 2 aliphatic rings. The average molecular weight is 505 g/mol. The van der Waals surface area contributed by atoms with Gasteiger partial charge < -0.3 is 23.9 Å². The highest BCUT2D eigenvalue weighted by Crippen LogP contribution is 2.31. The molecule has 5 rings (SSSR count). The Kier molecular flexibility index (Phi) is 7.12. The third-order valence-corrected chi connectivity index (χ3v) is 7.19. The molecule has 37 heavy (non-hydrogen) atoms. The van der Waals surface area contributed by atoms with E-state index in [1.54, 1.807) is 22.8 Å². The highest BCUT2D eigenvalue weighted by Gasteiger charge is 2.32. The maximum atomic E-state index is 13.5. The molecule has 0 radical (unpaired) electrons. The Morgan fingerprint density at radius 2 is 1.59 bits per heavy atom. The lowest BCUT2D eigenvalue weighted by Gasteiger charge is -2.35. The lowest BCUT2D eigenvalue weighted by Crippen LogP contribution is -2.51. The maximum Gasteiger partial charge on any atom is 0.409 e. The predicted molar refractivity (Wildman–Crippen MR) is 138 cm³/mol. The van der Waals surface area contributed by atoms with Crippen molar-refractivity contribution in [2.75, 3.05) is 45.9 Å². The lowest BCUT2D eigenvalue weighted by molar-refractivity contribution is 0.0567. The number of aryl methyl sites for hydroxylation is 1. The summed E-state index contributed by atoms with van der Waals surface area (Å²) in [6.07, 6.45) is 1.11. The largest absolute Gasteiger partial charge is 0.451 e. The minimum atomic E-state index is -0.337. The number of benzene rings is 1. The van der Waals surface area contributed by atoms with Gasteiger partial charge in [0.1, 0.15) is 5.58 Å². The number of hydrogen-bond acceptors (Lipinski definition) is 6. The molecule has 2 fully saturated rings. The Balaban J connectivity index is 1.25. The molecule has 9 nitrogen and oxygen atoms in total. The van der Waals surface area contributed by atoms with E-state index in [1.165, 1.54) is 0 Å². The quantitative estimate of drug-likeness (QED) is 0.532. The number of nitrogens with zero attached hydrogens (tertiary/aromatic N) is 4. The van der Waals surface area contributed by atoms with Gasteiger partial charge in [0.15, 0.2) is 5.76 Å². The van der Waals surface area contributed by atoms with Gasteiger partial charge in [-0.05, 0) is 51.0 Å². The molecule has 0 atom stereocenters. The number of ether oxygens (including phenoxy) is 1. The number of carbonyl (C=O) groups is 3. The van der Waals surface area contributed by atoms with E-state index >= 15 is 0 Å². The Labute approximate surface area is 216 Å². The maximum absolute atomic E-state index is 13.5. The van der Waals surface area contributed by atoms with E-state index < -0.39 is 0 Å². The van der Waals surface area contributed by atoms with Crippen LogP contribution in [0, 0.1) is 6.92 Å². The predicted octanol–water partition coefficient (Wildman–Crippen LogP) is 4.07. The van der Waals surface area contributed by atoms with Crippen LogP contribution in [0.25, 0.3) is 11.0 Å². The minimum Gasteiger partial charge on any atom is -0.451 e. The summed E-state index contributed by atoms with van der Waals surface area (Å²) >= 11 is 0. The van der Waals surface area contributed by atoms with E-state index in [0.29, 0.717) is 62.8 Å². The van der Waals surface area contributed by atoms with Gasteiger partial charge in [-0.25, -0.2) is 4.79 Å². The summed E-state index contributed by atoms with van der Waals surface area (Å²) in [6, 6.07) is 13.1. The first-order valence-corrected chi connectivity index (χ1v) is 12.9. The zero-order valence-electron chi connectivity index (χ0n) is 21.3. The average Bonchev–Trinajstić information content (AvgIpc) is 3.37. The summed E-state index contributed by atoms with van der Waals surface area (Å²) in [4.78, 5) is 48.6. The summed E-state index contributed by atoms with van der Waals surface area (Å²) in [5, 5.41) is 0.913. The first-order valence-electron chi connectivity index (χ1n) is 12.9. The third kappa shape index (κ3) is 5.16. The molecule has 0 spiro atoms. The minimum absolute atomic E-state index is 0.0632. The summed E-state index contributed by atoms with van der Waals surface area (Å²) in [7, 11) is 0. The van der Waals surface area contributed by atoms with Crippen LogP contribution in [0.2, 0.25) is 0 Å². The van der Waals surface area contributed by atoms with Crippen LogP contribution in [0.4, 0.5) is 4.79 Å². The van der Waals surface area contributed by atoms with Crippen molar-refractivity contribution in [3.63, 3.8) is 0 Å². The van der Waals surface area contributed by atoms with Crippen LogP contribution in [0.1, 0.15) is 58.0 Å². The fourth-order valence-electron chi connectivity index (χ4n) is 5.15. The van der Waals surface area contributed by atoms with Gasteiger partial charge in [-0.3, -0.25) is 14.6 Å². The SMILES string of the molecule is CCOC(=O)N1CCN(C(=O)c2ccc(C)nc2C2CCN(C(=O)c3cc4ccccc4o3)CC2)CC1. The molecule has 3 amide bonds.